The van der Waals surface area contributed by atoms with Crippen molar-refractivity contribution in [1.82, 2.24) is 10.6 Å². The van der Waals surface area contributed by atoms with E-state index < -0.39 is 0 Å². The number of hydrogen-bond donors (Lipinski definition) is 2. The first-order chi connectivity index (χ1) is 9.67. The Hall–Kier alpha value is -2.04. The smallest absolute Gasteiger partial charge is 0.239 e. The molecular formula is C15H20N2O3. The molecule has 2 amide bonds. The van der Waals surface area contributed by atoms with Crippen LogP contribution in [0, 0.1) is 0 Å². The number of carbonyl (C=O) groups excluding carboxylic acids is 2. The van der Waals surface area contributed by atoms with Gasteiger partial charge in [0.1, 0.15) is 5.75 Å². The minimum absolute atomic E-state index is 0.0480. The Balaban J connectivity index is 1.71. The number of amides is 2. The second-order valence-electron chi connectivity index (χ2n) is 4.87. The summed E-state index contributed by atoms with van der Waals surface area (Å²) in [5.74, 6) is 0.521. The third-order valence-corrected chi connectivity index (χ3v) is 2.99. The Kier molecular flexibility index (Phi) is 4.98. The molecule has 5 heteroatoms. The van der Waals surface area contributed by atoms with Crippen molar-refractivity contribution < 1.29 is 14.3 Å². The highest BCUT2D eigenvalue weighted by Gasteiger charge is 2.23. The standard InChI is InChI=1S/C15H20N2O3/c1-2-20-13-7-3-11(4-8-13)9-14(18)16-10-15(19)17-12-5-6-12/h3-4,7-8,12H,2,5-6,9-10H2,1H3,(H,16,18)(H,17,19). The second kappa shape index (κ2) is 6.93. The van der Waals surface area contributed by atoms with E-state index in [1.807, 2.05) is 31.2 Å². The molecule has 0 spiro atoms. The lowest BCUT2D eigenvalue weighted by atomic mass is 10.1. The molecule has 108 valence electrons. The summed E-state index contributed by atoms with van der Waals surface area (Å²) in [6.45, 7) is 2.59. The van der Waals surface area contributed by atoms with Gasteiger partial charge in [0.25, 0.3) is 0 Å². The van der Waals surface area contributed by atoms with E-state index in [2.05, 4.69) is 10.6 Å². The highest BCUT2D eigenvalue weighted by atomic mass is 16.5. The van der Waals surface area contributed by atoms with Crippen LogP contribution in [0.5, 0.6) is 5.75 Å². The Morgan fingerprint density at radius 1 is 1.20 bits per heavy atom. The molecule has 0 heterocycles. The Morgan fingerprint density at radius 3 is 2.50 bits per heavy atom. The first kappa shape index (κ1) is 14.4. The zero-order chi connectivity index (χ0) is 14.4. The molecule has 1 aromatic rings. The summed E-state index contributed by atoms with van der Waals surface area (Å²) in [6, 6.07) is 7.71. The Bertz CT molecular complexity index is 467. The van der Waals surface area contributed by atoms with Crippen LogP contribution in [0.1, 0.15) is 25.3 Å². The number of benzene rings is 1. The van der Waals surface area contributed by atoms with Crippen LogP contribution in [0.15, 0.2) is 24.3 Å². The lowest BCUT2D eigenvalue weighted by Gasteiger charge is -2.07. The van der Waals surface area contributed by atoms with E-state index in [0.717, 1.165) is 24.2 Å². The molecule has 0 aliphatic heterocycles. The van der Waals surface area contributed by atoms with Gasteiger partial charge in [0, 0.05) is 6.04 Å². The molecule has 0 aromatic heterocycles. The third kappa shape index (κ3) is 4.91. The van der Waals surface area contributed by atoms with Crippen LogP contribution in [-0.2, 0) is 16.0 Å². The maximum absolute atomic E-state index is 11.7. The quantitative estimate of drug-likeness (QED) is 0.781. The van der Waals surface area contributed by atoms with E-state index in [1.54, 1.807) is 0 Å². The summed E-state index contributed by atoms with van der Waals surface area (Å²) in [7, 11) is 0. The highest BCUT2D eigenvalue weighted by Crippen LogP contribution is 2.18. The fourth-order valence-corrected chi connectivity index (χ4v) is 1.80. The summed E-state index contributed by atoms with van der Waals surface area (Å²) in [4.78, 5) is 23.1. The average Bonchev–Trinajstić information content (AvgIpc) is 3.23. The predicted molar refractivity (Wildman–Crippen MR) is 75.5 cm³/mol. The van der Waals surface area contributed by atoms with Crippen molar-refractivity contribution >= 4 is 11.8 Å². The molecule has 20 heavy (non-hydrogen) atoms. The topological polar surface area (TPSA) is 67.4 Å². The molecule has 1 saturated carbocycles. The van der Waals surface area contributed by atoms with Gasteiger partial charge in [0.15, 0.2) is 0 Å². The number of ether oxygens (including phenoxy) is 1. The van der Waals surface area contributed by atoms with E-state index in [1.165, 1.54) is 0 Å². The Labute approximate surface area is 118 Å². The second-order valence-corrected chi connectivity index (χ2v) is 4.87. The minimum atomic E-state index is -0.153. The van der Waals surface area contributed by atoms with Gasteiger partial charge in [-0.15, -0.1) is 0 Å². The van der Waals surface area contributed by atoms with Gasteiger partial charge in [-0.1, -0.05) is 12.1 Å². The molecule has 2 N–H and O–H groups in total. The molecule has 0 unspecified atom stereocenters. The SMILES string of the molecule is CCOc1ccc(CC(=O)NCC(=O)NC2CC2)cc1. The van der Waals surface area contributed by atoms with Gasteiger partial charge < -0.3 is 15.4 Å². The molecule has 0 saturated heterocycles. The van der Waals surface area contributed by atoms with Gasteiger partial charge in [-0.3, -0.25) is 9.59 Å². The first-order valence-corrected chi connectivity index (χ1v) is 6.95. The van der Waals surface area contributed by atoms with Crippen molar-refractivity contribution in [2.24, 2.45) is 0 Å². The number of carbonyl (C=O) groups is 2. The van der Waals surface area contributed by atoms with E-state index in [4.69, 9.17) is 4.74 Å². The van der Waals surface area contributed by atoms with Crippen LogP contribution in [0.4, 0.5) is 0 Å². The van der Waals surface area contributed by atoms with E-state index in [0.29, 0.717) is 12.6 Å². The fourth-order valence-electron chi connectivity index (χ4n) is 1.80. The molecule has 1 fully saturated rings. The maximum atomic E-state index is 11.7. The van der Waals surface area contributed by atoms with Crippen molar-refractivity contribution in [2.45, 2.75) is 32.2 Å². The fraction of sp³-hybridized carbons (Fsp3) is 0.467. The predicted octanol–water partition coefficient (Wildman–Crippen LogP) is 1.02. The normalized spacial score (nSPS) is 13.7. The van der Waals surface area contributed by atoms with Crippen molar-refractivity contribution in [3.05, 3.63) is 29.8 Å². The van der Waals surface area contributed by atoms with Crippen LogP contribution >= 0.6 is 0 Å². The summed E-state index contributed by atoms with van der Waals surface area (Å²) in [5, 5.41) is 5.45. The van der Waals surface area contributed by atoms with Crippen LogP contribution in [0.25, 0.3) is 0 Å². The summed E-state index contributed by atoms with van der Waals surface area (Å²) in [6.07, 6.45) is 2.36. The van der Waals surface area contributed by atoms with Gasteiger partial charge in [-0.25, -0.2) is 0 Å². The van der Waals surface area contributed by atoms with Gasteiger partial charge in [-0.05, 0) is 37.5 Å². The first-order valence-electron chi connectivity index (χ1n) is 6.95. The molecule has 1 aromatic carbocycles. The van der Waals surface area contributed by atoms with Gasteiger partial charge in [-0.2, -0.15) is 0 Å². The average molecular weight is 276 g/mol. The van der Waals surface area contributed by atoms with Crippen molar-refractivity contribution in [1.29, 1.82) is 0 Å². The van der Waals surface area contributed by atoms with Gasteiger partial charge in [0.05, 0.1) is 19.6 Å². The highest BCUT2D eigenvalue weighted by molar-refractivity contribution is 5.85. The third-order valence-electron chi connectivity index (χ3n) is 2.99. The van der Waals surface area contributed by atoms with E-state index in [9.17, 15) is 9.59 Å². The minimum Gasteiger partial charge on any atom is -0.494 e. The molecule has 2 rings (SSSR count). The van der Waals surface area contributed by atoms with Crippen molar-refractivity contribution in [3.8, 4) is 5.75 Å². The number of hydrogen-bond acceptors (Lipinski definition) is 3. The molecule has 1 aliphatic rings. The van der Waals surface area contributed by atoms with E-state index in [-0.39, 0.29) is 24.8 Å². The van der Waals surface area contributed by atoms with Crippen molar-refractivity contribution in [2.75, 3.05) is 13.2 Å². The number of nitrogens with one attached hydrogen (secondary N) is 2. The number of rotatable bonds is 7. The van der Waals surface area contributed by atoms with Gasteiger partial charge >= 0.3 is 0 Å². The van der Waals surface area contributed by atoms with E-state index >= 15 is 0 Å². The molecule has 0 atom stereocenters. The lowest BCUT2D eigenvalue weighted by molar-refractivity contribution is -0.125. The van der Waals surface area contributed by atoms with Crippen LogP contribution in [0.3, 0.4) is 0 Å². The zero-order valence-corrected chi connectivity index (χ0v) is 11.6. The lowest BCUT2D eigenvalue weighted by Crippen LogP contribution is -2.38. The van der Waals surface area contributed by atoms with Gasteiger partial charge in [0.2, 0.25) is 11.8 Å². The summed E-state index contributed by atoms with van der Waals surface area (Å²) >= 11 is 0. The molecular weight excluding hydrogens is 256 g/mol. The summed E-state index contributed by atoms with van der Waals surface area (Å²) in [5.41, 5.74) is 0.897. The molecule has 5 nitrogen and oxygen atoms in total. The largest absolute Gasteiger partial charge is 0.494 e. The zero-order valence-electron chi connectivity index (χ0n) is 11.6. The summed E-state index contributed by atoms with van der Waals surface area (Å²) < 4.78 is 5.33. The van der Waals surface area contributed by atoms with Crippen LogP contribution in [-0.4, -0.2) is 31.0 Å². The van der Waals surface area contributed by atoms with Crippen LogP contribution in [0.2, 0.25) is 0 Å². The maximum Gasteiger partial charge on any atom is 0.239 e. The van der Waals surface area contributed by atoms with Crippen LogP contribution < -0.4 is 15.4 Å². The van der Waals surface area contributed by atoms with Crippen molar-refractivity contribution in [3.63, 3.8) is 0 Å². The molecule has 1 aliphatic carbocycles. The monoisotopic (exact) mass is 276 g/mol. The molecule has 0 bridgehead atoms. The molecule has 0 radical (unpaired) electrons. The Morgan fingerprint density at radius 2 is 1.90 bits per heavy atom.